The van der Waals surface area contributed by atoms with Crippen molar-refractivity contribution in [3.05, 3.63) is 66.6 Å². The highest BCUT2D eigenvalue weighted by Crippen LogP contribution is 2.18. The van der Waals surface area contributed by atoms with Crippen molar-refractivity contribution in [1.29, 1.82) is 0 Å². The van der Waals surface area contributed by atoms with E-state index in [1.54, 1.807) is 12.3 Å². The molecule has 0 atom stereocenters. The Morgan fingerprint density at radius 3 is 2.67 bits per heavy atom. The minimum Gasteiger partial charge on any atom is -0.492 e. The molecule has 0 radical (unpaired) electrons. The second-order valence-electron chi connectivity index (χ2n) is 5.06. The minimum absolute atomic E-state index is 0.0145. The van der Waals surface area contributed by atoms with E-state index in [1.165, 1.54) is 12.1 Å². The average Bonchev–Trinajstić information content (AvgIpc) is 2.59. The van der Waals surface area contributed by atoms with Gasteiger partial charge in [-0.15, -0.1) is 0 Å². The normalized spacial score (nSPS) is 11.5. The van der Waals surface area contributed by atoms with Crippen molar-refractivity contribution >= 4 is 20.9 Å². The molecule has 0 bridgehead atoms. The number of benzene rings is 2. The van der Waals surface area contributed by atoms with Crippen LogP contribution < -0.4 is 9.46 Å². The molecule has 0 spiro atoms. The first-order valence-electron chi connectivity index (χ1n) is 7.27. The first-order valence-corrected chi connectivity index (χ1v) is 8.76. The maximum absolute atomic E-state index is 12.8. The molecule has 3 rings (SSSR count). The van der Waals surface area contributed by atoms with Gasteiger partial charge in [0, 0.05) is 18.1 Å². The zero-order chi connectivity index (χ0) is 17.0. The van der Waals surface area contributed by atoms with E-state index in [4.69, 9.17) is 4.74 Å². The van der Waals surface area contributed by atoms with Crippen LogP contribution in [0, 0.1) is 5.82 Å². The van der Waals surface area contributed by atoms with Crippen LogP contribution in [0.1, 0.15) is 0 Å². The number of hydrogen-bond donors (Lipinski definition) is 1. The second-order valence-corrected chi connectivity index (χ2v) is 6.83. The molecule has 0 aliphatic heterocycles. The van der Waals surface area contributed by atoms with Crippen molar-refractivity contribution in [2.24, 2.45) is 0 Å². The molecule has 1 N–H and O–H groups in total. The number of sulfonamides is 1. The van der Waals surface area contributed by atoms with E-state index in [-0.39, 0.29) is 18.0 Å². The summed E-state index contributed by atoms with van der Waals surface area (Å²) in [5, 5.41) is 0.946. The lowest BCUT2D eigenvalue weighted by atomic mass is 10.2. The summed E-state index contributed by atoms with van der Waals surface area (Å²) in [5.74, 6) is 0.152. The summed E-state index contributed by atoms with van der Waals surface area (Å²) >= 11 is 0. The fourth-order valence-corrected chi connectivity index (χ4v) is 3.20. The predicted molar refractivity (Wildman–Crippen MR) is 88.8 cm³/mol. The fourth-order valence-electron chi connectivity index (χ4n) is 2.19. The van der Waals surface area contributed by atoms with E-state index >= 15 is 0 Å². The summed E-state index contributed by atoms with van der Waals surface area (Å²) in [4.78, 5) is 4.23. The van der Waals surface area contributed by atoms with E-state index < -0.39 is 15.8 Å². The zero-order valence-electron chi connectivity index (χ0n) is 12.6. The molecule has 0 fully saturated rings. The van der Waals surface area contributed by atoms with E-state index in [0.717, 1.165) is 23.0 Å². The van der Waals surface area contributed by atoms with Crippen molar-refractivity contribution in [2.75, 3.05) is 13.2 Å². The third-order valence-corrected chi connectivity index (χ3v) is 4.84. The van der Waals surface area contributed by atoms with Crippen molar-refractivity contribution in [3.8, 4) is 5.75 Å². The third kappa shape index (κ3) is 3.87. The lowest BCUT2D eigenvalue weighted by Crippen LogP contribution is -2.28. The van der Waals surface area contributed by atoms with Crippen LogP contribution in [0.5, 0.6) is 5.75 Å². The van der Waals surface area contributed by atoms with Crippen LogP contribution in [0.2, 0.25) is 0 Å². The Morgan fingerprint density at radius 2 is 1.88 bits per heavy atom. The highest BCUT2D eigenvalue weighted by atomic mass is 32.2. The molecule has 24 heavy (non-hydrogen) atoms. The summed E-state index contributed by atoms with van der Waals surface area (Å²) in [5.41, 5.74) is 0.863. The number of nitrogens with one attached hydrogen (secondary N) is 1. The maximum atomic E-state index is 12.8. The molecule has 0 unspecified atom stereocenters. The molecule has 0 saturated heterocycles. The molecule has 2 aromatic carbocycles. The average molecular weight is 346 g/mol. The van der Waals surface area contributed by atoms with Gasteiger partial charge in [0.1, 0.15) is 18.2 Å². The Morgan fingerprint density at radius 1 is 1.08 bits per heavy atom. The first kappa shape index (κ1) is 16.4. The van der Waals surface area contributed by atoms with Gasteiger partial charge in [0.25, 0.3) is 0 Å². The Balaban J connectivity index is 1.56. The van der Waals surface area contributed by atoms with Gasteiger partial charge in [-0.25, -0.2) is 17.5 Å². The molecule has 0 amide bonds. The largest absolute Gasteiger partial charge is 0.492 e. The molecule has 0 saturated carbocycles. The van der Waals surface area contributed by atoms with Crippen LogP contribution in [0.4, 0.5) is 4.39 Å². The van der Waals surface area contributed by atoms with Gasteiger partial charge in [-0.3, -0.25) is 4.98 Å². The summed E-state index contributed by atoms with van der Waals surface area (Å²) in [6.07, 6.45) is 1.72. The molecule has 0 aliphatic carbocycles. The number of fused-ring (bicyclic) bond motifs is 1. The van der Waals surface area contributed by atoms with Gasteiger partial charge in [-0.05, 0) is 48.5 Å². The van der Waals surface area contributed by atoms with Crippen molar-refractivity contribution in [2.45, 2.75) is 4.90 Å². The Hall–Kier alpha value is -2.51. The molecule has 1 heterocycles. The maximum Gasteiger partial charge on any atom is 0.240 e. The molecule has 1 aromatic heterocycles. The van der Waals surface area contributed by atoms with Gasteiger partial charge in [-0.2, -0.15) is 0 Å². The van der Waals surface area contributed by atoms with E-state index in [2.05, 4.69) is 9.71 Å². The lowest BCUT2D eigenvalue weighted by Gasteiger charge is -2.09. The molecular weight excluding hydrogens is 331 g/mol. The quantitative estimate of drug-likeness (QED) is 0.697. The predicted octanol–water partition coefficient (Wildman–Crippen LogP) is 2.73. The summed E-state index contributed by atoms with van der Waals surface area (Å²) in [6, 6.07) is 13.9. The van der Waals surface area contributed by atoms with Gasteiger partial charge < -0.3 is 4.74 Å². The Kier molecular flexibility index (Phi) is 4.73. The van der Waals surface area contributed by atoms with Crippen LogP contribution in [-0.4, -0.2) is 26.6 Å². The van der Waals surface area contributed by atoms with Crippen LogP contribution in [0.15, 0.2) is 65.7 Å². The van der Waals surface area contributed by atoms with E-state index in [1.807, 2.05) is 24.3 Å². The highest BCUT2D eigenvalue weighted by Gasteiger charge is 2.13. The molecule has 7 heteroatoms. The number of halogens is 1. The van der Waals surface area contributed by atoms with Crippen molar-refractivity contribution in [1.82, 2.24) is 9.71 Å². The van der Waals surface area contributed by atoms with Crippen LogP contribution in [-0.2, 0) is 10.0 Å². The van der Waals surface area contributed by atoms with Gasteiger partial charge in [-0.1, -0.05) is 6.07 Å². The minimum atomic E-state index is -3.67. The van der Waals surface area contributed by atoms with Crippen LogP contribution in [0.25, 0.3) is 10.9 Å². The van der Waals surface area contributed by atoms with Gasteiger partial charge in [0.05, 0.1) is 10.4 Å². The number of nitrogens with zero attached hydrogens (tertiary/aromatic N) is 1. The molecule has 5 nitrogen and oxygen atoms in total. The van der Waals surface area contributed by atoms with Gasteiger partial charge in [0.15, 0.2) is 0 Å². The second kappa shape index (κ2) is 6.94. The molecular formula is C17H15FN2O3S. The first-order chi connectivity index (χ1) is 11.5. The topological polar surface area (TPSA) is 68.3 Å². The summed E-state index contributed by atoms with van der Waals surface area (Å²) in [6.45, 7) is 0.275. The highest BCUT2D eigenvalue weighted by molar-refractivity contribution is 7.89. The Labute approximate surface area is 139 Å². The molecule has 3 aromatic rings. The zero-order valence-corrected chi connectivity index (χ0v) is 13.5. The van der Waals surface area contributed by atoms with Crippen LogP contribution in [0.3, 0.4) is 0 Å². The van der Waals surface area contributed by atoms with Gasteiger partial charge in [0.2, 0.25) is 10.0 Å². The lowest BCUT2D eigenvalue weighted by molar-refractivity contribution is 0.323. The summed E-state index contributed by atoms with van der Waals surface area (Å²) in [7, 11) is -3.67. The monoisotopic (exact) mass is 346 g/mol. The fraction of sp³-hybridized carbons (Fsp3) is 0.118. The number of ether oxygens (including phenoxy) is 1. The third-order valence-electron chi connectivity index (χ3n) is 3.36. The number of rotatable bonds is 6. The number of pyridine rings is 1. The van der Waals surface area contributed by atoms with Crippen LogP contribution >= 0.6 is 0 Å². The summed E-state index contributed by atoms with van der Waals surface area (Å²) < 4.78 is 44.9. The smallest absolute Gasteiger partial charge is 0.240 e. The number of aromatic nitrogens is 1. The van der Waals surface area contributed by atoms with E-state index in [0.29, 0.717) is 5.75 Å². The van der Waals surface area contributed by atoms with Crippen molar-refractivity contribution in [3.63, 3.8) is 0 Å². The van der Waals surface area contributed by atoms with E-state index in [9.17, 15) is 12.8 Å². The standard InChI is InChI=1S/C17H15FN2O3S/c18-14-3-6-16(7-4-14)24(21,22)20-10-11-23-15-5-8-17-13(12-15)2-1-9-19-17/h1-9,12,20H,10-11H2. The Bertz CT molecular complexity index is 943. The molecule has 0 aliphatic rings. The van der Waals surface area contributed by atoms with Crippen molar-refractivity contribution < 1.29 is 17.5 Å². The SMILES string of the molecule is O=S(=O)(NCCOc1ccc2ncccc2c1)c1ccc(F)cc1. The molecule has 124 valence electrons. The van der Waals surface area contributed by atoms with Gasteiger partial charge >= 0.3 is 0 Å². The number of hydrogen-bond acceptors (Lipinski definition) is 4.